The van der Waals surface area contributed by atoms with Gasteiger partial charge in [0.05, 0.1) is 24.1 Å². The molecule has 1 unspecified atom stereocenters. The Kier molecular flexibility index (Phi) is 3.25. The van der Waals surface area contributed by atoms with E-state index >= 15 is 0 Å². The Morgan fingerprint density at radius 2 is 2.40 bits per heavy atom. The summed E-state index contributed by atoms with van der Waals surface area (Å²) in [5, 5.41) is 19.9. The number of H-pyrrole nitrogens is 1. The van der Waals surface area contributed by atoms with E-state index in [-0.39, 0.29) is 5.91 Å². The summed E-state index contributed by atoms with van der Waals surface area (Å²) in [5.74, 6) is -0.224. The van der Waals surface area contributed by atoms with Crippen molar-refractivity contribution in [2.75, 3.05) is 18.4 Å². The molecule has 128 valence electrons. The molecule has 25 heavy (non-hydrogen) atoms. The van der Waals surface area contributed by atoms with Crippen molar-refractivity contribution >= 4 is 22.9 Å². The highest BCUT2D eigenvalue weighted by molar-refractivity contribution is 7.13. The Balaban J connectivity index is 1.27. The van der Waals surface area contributed by atoms with Crippen LogP contribution in [0.25, 0.3) is 10.6 Å². The molecule has 3 aromatic heterocycles. The zero-order valence-corrected chi connectivity index (χ0v) is 14.2. The number of rotatable bonds is 4. The maximum absolute atomic E-state index is 12.4. The van der Waals surface area contributed by atoms with Gasteiger partial charge in [0.2, 0.25) is 0 Å². The van der Waals surface area contributed by atoms with Gasteiger partial charge in [0, 0.05) is 35.3 Å². The van der Waals surface area contributed by atoms with Crippen molar-refractivity contribution in [3.05, 3.63) is 35.9 Å². The van der Waals surface area contributed by atoms with Crippen molar-refractivity contribution in [2.45, 2.75) is 18.9 Å². The minimum atomic E-state index is -0.224. The zero-order valence-electron chi connectivity index (χ0n) is 13.4. The van der Waals surface area contributed by atoms with E-state index in [1.807, 2.05) is 10.9 Å². The Bertz CT molecular complexity index is 907. The molecule has 0 aromatic carbocycles. The highest BCUT2D eigenvalue weighted by Gasteiger charge is 2.57. The van der Waals surface area contributed by atoms with Crippen LogP contribution in [0.4, 0.5) is 5.69 Å². The maximum Gasteiger partial charge on any atom is 0.275 e. The first-order valence-electron chi connectivity index (χ1n) is 8.24. The molecule has 9 heteroatoms. The van der Waals surface area contributed by atoms with Crippen LogP contribution in [-0.4, -0.2) is 44.0 Å². The lowest BCUT2D eigenvalue weighted by atomic mass is 10.1. The Labute approximate surface area is 147 Å². The van der Waals surface area contributed by atoms with Crippen LogP contribution in [0.3, 0.4) is 0 Å². The first kappa shape index (κ1) is 14.8. The third kappa shape index (κ3) is 2.56. The Morgan fingerprint density at radius 3 is 3.20 bits per heavy atom. The number of carbonyl (C=O) groups excluding carboxylic acids is 1. The fraction of sp³-hybridized carbons (Fsp3) is 0.375. The van der Waals surface area contributed by atoms with E-state index in [4.69, 9.17) is 0 Å². The summed E-state index contributed by atoms with van der Waals surface area (Å²) in [6.07, 6.45) is 9.43. The monoisotopic (exact) mass is 355 g/mol. The summed E-state index contributed by atoms with van der Waals surface area (Å²) >= 11 is 1.42. The van der Waals surface area contributed by atoms with Crippen LogP contribution in [0.15, 0.2) is 30.2 Å². The summed E-state index contributed by atoms with van der Waals surface area (Å²) in [5.41, 5.74) is 2.36. The summed E-state index contributed by atoms with van der Waals surface area (Å²) < 4.78 is 1.99. The lowest BCUT2D eigenvalue weighted by Gasteiger charge is -2.06. The quantitative estimate of drug-likeness (QED) is 0.664. The molecule has 1 aliphatic heterocycles. The van der Waals surface area contributed by atoms with Crippen molar-refractivity contribution in [3.8, 4) is 10.6 Å². The molecule has 2 fully saturated rings. The summed E-state index contributed by atoms with van der Waals surface area (Å²) in [6, 6.07) is 0.445. The molecule has 2 atom stereocenters. The normalized spacial score (nSPS) is 24.7. The average Bonchev–Trinajstić information content (AvgIpc) is 3.21. The third-order valence-corrected chi connectivity index (χ3v) is 5.98. The van der Waals surface area contributed by atoms with Gasteiger partial charge in [0.25, 0.3) is 5.91 Å². The lowest BCUT2D eigenvalue weighted by Crippen LogP contribution is -2.13. The minimum absolute atomic E-state index is 0.224. The predicted molar refractivity (Wildman–Crippen MR) is 93.4 cm³/mol. The molecule has 1 saturated heterocycles. The van der Waals surface area contributed by atoms with Gasteiger partial charge < -0.3 is 10.6 Å². The molecule has 4 heterocycles. The summed E-state index contributed by atoms with van der Waals surface area (Å²) in [4.78, 5) is 16.8. The average molecular weight is 355 g/mol. The van der Waals surface area contributed by atoms with Crippen LogP contribution in [-0.2, 0) is 0 Å². The number of hydrogen-bond acceptors (Lipinski definition) is 6. The van der Waals surface area contributed by atoms with Crippen LogP contribution in [0.2, 0.25) is 0 Å². The Morgan fingerprint density at radius 1 is 1.44 bits per heavy atom. The highest BCUT2D eigenvalue weighted by atomic mass is 32.1. The summed E-state index contributed by atoms with van der Waals surface area (Å²) in [7, 11) is 0. The van der Waals surface area contributed by atoms with Crippen LogP contribution in [0.1, 0.15) is 29.4 Å². The van der Waals surface area contributed by atoms with Gasteiger partial charge in [-0.1, -0.05) is 0 Å². The number of amides is 1. The second-order valence-corrected chi connectivity index (χ2v) is 7.56. The zero-order chi connectivity index (χ0) is 16.9. The van der Waals surface area contributed by atoms with E-state index in [1.165, 1.54) is 17.8 Å². The molecule has 3 aromatic rings. The number of nitrogens with one attached hydrogen (secondary N) is 3. The first-order chi connectivity index (χ1) is 12.2. The lowest BCUT2D eigenvalue weighted by molar-refractivity contribution is 0.102. The molecular formula is C16H17N7OS. The second kappa shape index (κ2) is 5.50. The first-order valence-corrected chi connectivity index (χ1v) is 9.12. The van der Waals surface area contributed by atoms with Crippen molar-refractivity contribution in [3.63, 3.8) is 0 Å². The number of nitrogens with zero attached hydrogens (tertiary/aromatic N) is 4. The van der Waals surface area contributed by atoms with Crippen molar-refractivity contribution < 1.29 is 4.79 Å². The van der Waals surface area contributed by atoms with E-state index < -0.39 is 0 Å². The number of thiazole rings is 1. The number of carbonyl (C=O) groups is 1. The van der Waals surface area contributed by atoms with E-state index in [9.17, 15) is 4.79 Å². The number of aromatic amines is 1. The number of hydrogen-bond donors (Lipinski definition) is 3. The van der Waals surface area contributed by atoms with E-state index in [2.05, 4.69) is 30.9 Å². The third-order valence-electron chi connectivity index (χ3n) is 5.08. The van der Waals surface area contributed by atoms with Crippen molar-refractivity contribution in [1.82, 2.24) is 30.3 Å². The maximum atomic E-state index is 12.4. The molecule has 2 aliphatic rings. The number of anilines is 1. The minimum Gasteiger partial charge on any atom is -0.318 e. The highest BCUT2D eigenvalue weighted by Crippen LogP contribution is 2.59. The van der Waals surface area contributed by atoms with Crippen molar-refractivity contribution in [2.24, 2.45) is 5.41 Å². The number of aromatic nitrogens is 5. The molecule has 1 spiro atoms. The van der Waals surface area contributed by atoms with Crippen LogP contribution >= 0.6 is 11.3 Å². The van der Waals surface area contributed by atoms with Gasteiger partial charge in [-0.25, -0.2) is 4.98 Å². The Hall–Kier alpha value is -2.52. The van der Waals surface area contributed by atoms with Gasteiger partial charge in [0.1, 0.15) is 10.7 Å². The molecule has 0 radical (unpaired) electrons. The van der Waals surface area contributed by atoms with Crippen LogP contribution in [0.5, 0.6) is 0 Å². The fourth-order valence-corrected chi connectivity index (χ4v) is 4.35. The van der Waals surface area contributed by atoms with Crippen molar-refractivity contribution in [1.29, 1.82) is 0 Å². The topological polar surface area (TPSA) is 101 Å². The van der Waals surface area contributed by atoms with Crippen LogP contribution in [0, 0.1) is 5.41 Å². The molecule has 1 amide bonds. The summed E-state index contributed by atoms with van der Waals surface area (Å²) in [6.45, 7) is 2.15. The van der Waals surface area contributed by atoms with Gasteiger partial charge in [-0.3, -0.25) is 14.6 Å². The van der Waals surface area contributed by atoms with Gasteiger partial charge >= 0.3 is 0 Å². The van der Waals surface area contributed by atoms with Gasteiger partial charge in [-0.15, -0.1) is 11.3 Å². The smallest absolute Gasteiger partial charge is 0.275 e. The molecule has 5 rings (SSSR count). The van der Waals surface area contributed by atoms with Gasteiger partial charge in [-0.2, -0.15) is 10.2 Å². The standard InChI is InChI=1S/C16H17N7OS/c24-14(12-8-25-15(22-12)10-4-18-19-5-10)21-11-6-20-23(7-11)13-3-16(13)1-2-17-9-16/h4-8,13,17H,1-3,9H2,(H,18,19)(H,21,24)/t13-,16?/m0/s1. The molecule has 1 saturated carbocycles. The van der Waals surface area contributed by atoms with Gasteiger partial charge in [0.15, 0.2) is 0 Å². The molecular weight excluding hydrogens is 338 g/mol. The van der Waals surface area contributed by atoms with E-state index in [1.54, 1.807) is 24.0 Å². The van der Waals surface area contributed by atoms with Gasteiger partial charge in [-0.05, 0) is 19.4 Å². The largest absolute Gasteiger partial charge is 0.318 e. The molecule has 0 bridgehead atoms. The molecule has 8 nitrogen and oxygen atoms in total. The van der Waals surface area contributed by atoms with Crippen LogP contribution < -0.4 is 10.6 Å². The molecule has 3 N–H and O–H groups in total. The SMILES string of the molecule is O=C(Nc1cnn([C@H]2CC23CCNC3)c1)c1csc(-c2cn[nH]c2)n1. The van der Waals surface area contributed by atoms with E-state index in [0.717, 1.165) is 30.1 Å². The molecule has 1 aliphatic carbocycles. The van der Waals surface area contributed by atoms with E-state index in [0.29, 0.717) is 22.8 Å². The second-order valence-electron chi connectivity index (χ2n) is 6.70. The predicted octanol–water partition coefficient (Wildman–Crippen LogP) is 1.91. The fourth-order valence-electron chi connectivity index (χ4n) is 3.57.